The second kappa shape index (κ2) is 6.91. The maximum Gasteiger partial charge on any atom is 0.325 e. The lowest BCUT2D eigenvalue weighted by Gasteiger charge is -2.27. The number of methoxy groups -OCH3 is 1. The third-order valence-corrected chi connectivity index (χ3v) is 3.66. The molecule has 0 saturated carbocycles. The van der Waals surface area contributed by atoms with Gasteiger partial charge in [0.25, 0.3) is 0 Å². The van der Waals surface area contributed by atoms with E-state index in [-0.39, 0.29) is 5.97 Å². The molecule has 1 N–H and O–H groups in total. The number of ether oxygens (including phenoxy) is 1. The minimum Gasteiger partial charge on any atom is -0.468 e. The largest absolute Gasteiger partial charge is 0.468 e. The van der Waals surface area contributed by atoms with Gasteiger partial charge < -0.3 is 10.1 Å². The van der Waals surface area contributed by atoms with Gasteiger partial charge in [0.2, 0.25) is 0 Å². The Morgan fingerprint density at radius 3 is 2.79 bits per heavy atom. The molecule has 108 valence electrons. The average molecular weight is 288 g/mol. The molecule has 0 bridgehead atoms. The molecule has 1 rings (SSSR count). The van der Waals surface area contributed by atoms with Gasteiger partial charge in [-0.25, -0.2) is 0 Å². The van der Waals surface area contributed by atoms with Gasteiger partial charge in [-0.3, -0.25) is 9.48 Å². The van der Waals surface area contributed by atoms with Crippen LogP contribution in [0.15, 0.2) is 6.20 Å². The maximum absolute atomic E-state index is 11.8. The Morgan fingerprint density at radius 2 is 2.32 bits per heavy atom. The van der Waals surface area contributed by atoms with Crippen LogP contribution in [0.5, 0.6) is 0 Å². The summed E-state index contributed by atoms with van der Waals surface area (Å²) in [5, 5.41) is 8.05. The van der Waals surface area contributed by atoms with Crippen molar-refractivity contribution in [3.63, 3.8) is 0 Å². The zero-order chi connectivity index (χ0) is 14.5. The van der Waals surface area contributed by atoms with Crippen LogP contribution in [0.3, 0.4) is 0 Å². The molecule has 1 unspecified atom stereocenters. The fourth-order valence-electron chi connectivity index (χ4n) is 2.11. The first-order valence-corrected chi connectivity index (χ1v) is 6.83. The Hall–Kier alpha value is -1.07. The van der Waals surface area contributed by atoms with Crippen LogP contribution in [0, 0.1) is 6.92 Å². The summed E-state index contributed by atoms with van der Waals surface area (Å²) in [6, 6.07) is 0. The molecular formula is C13H22ClN3O2. The second-order valence-corrected chi connectivity index (χ2v) is 5.17. The Balaban J connectivity index is 2.58. The number of halogens is 1. The summed E-state index contributed by atoms with van der Waals surface area (Å²) in [4.78, 5) is 11.8. The zero-order valence-corrected chi connectivity index (χ0v) is 12.8. The van der Waals surface area contributed by atoms with Crippen molar-refractivity contribution in [1.29, 1.82) is 0 Å². The van der Waals surface area contributed by atoms with Crippen molar-refractivity contribution < 1.29 is 9.53 Å². The predicted molar refractivity (Wildman–Crippen MR) is 75.3 cm³/mol. The van der Waals surface area contributed by atoms with Crippen LogP contribution >= 0.6 is 11.6 Å². The highest BCUT2D eigenvalue weighted by Gasteiger charge is 2.32. The molecule has 19 heavy (non-hydrogen) atoms. The van der Waals surface area contributed by atoms with E-state index in [1.54, 1.807) is 6.20 Å². The smallest absolute Gasteiger partial charge is 0.325 e. The minimum atomic E-state index is -0.644. The van der Waals surface area contributed by atoms with E-state index in [1.165, 1.54) is 7.11 Å². The summed E-state index contributed by atoms with van der Waals surface area (Å²) in [7, 11) is 1.41. The molecule has 0 saturated heterocycles. The van der Waals surface area contributed by atoms with Gasteiger partial charge in [-0.1, -0.05) is 18.5 Å². The first kappa shape index (κ1) is 16.0. The predicted octanol–water partition coefficient (Wildman–Crippen LogP) is 2.17. The lowest BCUT2D eigenvalue weighted by molar-refractivity contribution is -0.148. The second-order valence-electron chi connectivity index (χ2n) is 4.76. The number of hydrogen-bond acceptors (Lipinski definition) is 4. The Bertz CT molecular complexity index is 434. The molecule has 1 atom stereocenters. The third-order valence-electron chi connectivity index (χ3n) is 3.29. The first-order valence-electron chi connectivity index (χ1n) is 6.46. The van der Waals surface area contributed by atoms with Gasteiger partial charge in [0.05, 0.1) is 24.0 Å². The molecule has 0 spiro atoms. The van der Waals surface area contributed by atoms with Crippen molar-refractivity contribution in [2.24, 2.45) is 0 Å². The number of esters is 1. The van der Waals surface area contributed by atoms with E-state index in [4.69, 9.17) is 16.3 Å². The number of likely N-dealkylation sites (N-methyl/N-ethyl adjacent to an activating group) is 1. The summed E-state index contributed by atoms with van der Waals surface area (Å²) in [6.45, 7) is 7.22. The van der Waals surface area contributed by atoms with Gasteiger partial charge in [-0.15, -0.1) is 0 Å². The highest BCUT2D eigenvalue weighted by molar-refractivity contribution is 6.31. The van der Waals surface area contributed by atoms with Crippen molar-refractivity contribution in [2.45, 2.75) is 45.7 Å². The van der Waals surface area contributed by atoms with Crippen molar-refractivity contribution in [2.75, 3.05) is 13.7 Å². The number of nitrogens with zero attached hydrogens (tertiary/aromatic N) is 2. The van der Waals surface area contributed by atoms with Crippen LogP contribution in [0.25, 0.3) is 0 Å². The SMILES string of the molecule is CCNC(C)(CCCn1ncc(Cl)c1C)C(=O)OC. The average Bonchev–Trinajstić information content (AvgIpc) is 2.70. The van der Waals surface area contributed by atoms with Gasteiger partial charge in [0.1, 0.15) is 5.54 Å². The molecule has 0 aromatic carbocycles. The number of rotatable bonds is 7. The monoisotopic (exact) mass is 287 g/mol. The van der Waals surface area contributed by atoms with Crippen LogP contribution in [0.1, 0.15) is 32.4 Å². The van der Waals surface area contributed by atoms with E-state index in [9.17, 15) is 4.79 Å². The van der Waals surface area contributed by atoms with E-state index in [0.29, 0.717) is 11.4 Å². The molecule has 0 aliphatic rings. The molecule has 0 aliphatic carbocycles. The van der Waals surface area contributed by atoms with Crippen LogP contribution in [-0.4, -0.2) is 34.9 Å². The van der Waals surface area contributed by atoms with Crippen molar-refractivity contribution in [3.05, 3.63) is 16.9 Å². The lowest BCUT2D eigenvalue weighted by atomic mass is 9.95. The van der Waals surface area contributed by atoms with Crippen LogP contribution in [-0.2, 0) is 16.1 Å². The topological polar surface area (TPSA) is 56.2 Å². The van der Waals surface area contributed by atoms with Crippen LogP contribution in [0.4, 0.5) is 0 Å². The summed E-state index contributed by atoms with van der Waals surface area (Å²) >= 11 is 5.95. The van der Waals surface area contributed by atoms with Crippen molar-refractivity contribution in [1.82, 2.24) is 15.1 Å². The fourth-order valence-corrected chi connectivity index (χ4v) is 2.25. The quantitative estimate of drug-likeness (QED) is 0.781. The number of hydrogen-bond donors (Lipinski definition) is 1. The normalized spacial score (nSPS) is 14.2. The van der Waals surface area contributed by atoms with Crippen LogP contribution < -0.4 is 5.32 Å². The summed E-state index contributed by atoms with van der Waals surface area (Å²) in [6.07, 6.45) is 3.14. The molecule has 1 aromatic heterocycles. The van der Waals surface area contributed by atoms with Gasteiger partial charge in [0.15, 0.2) is 0 Å². The van der Waals surface area contributed by atoms with E-state index >= 15 is 0 Å². The number of nitrogens with one attached hydrogen (secondary N) is 1. The minimum absolute atomic E-state index is 0.232. The van der Waals surface area contributed by atoms with E-state index in [1.807, 2.05) is 25.5 Å². The molecule has 6 heteroatoms. The van der Waals surface area contributed by atoms with Gasteiger partial charge in [-0.2, -0.15) is 5.10 Å². The Labute approximate surface area is 119 Å². The van der Waals surface area contributed by atoms with Gasteiger partial charge in [-0.05, 0) is 33.2 Å². The molecule has 5 nitrogen and oxygen atoms in total. The van der Waals surface area contributed by atoms with Crippen LogP contribution in [0.2, 0.25) is 5.02 Å². The highest BCUT2D eigenvalue weighted by atomic mass is 35.5. The van der Waals surface area contributed by atoms with Crippen molar-refractivity contribution in [3.8, 4) is 0 Å². The third kappa shape index (κ3) is 3.94. The lowest BCUT2D eigenvalue weighted by Crippen LogP contribution is -2.50. The van der Waals surface area contributed by atoms with E-state index in [0.717, 1.165) is 25.2 Å². The van der Waals surface area contributed by atoms with Crippen molar-refractivity contribution >= 4 is 17.6 Å². The van der Waals surface area contributed by atoms with E-state index in [2.05, 4.69) is 10.4 Å². The molecule has 1 heterocycles. The van der Waals surface area contributed by atoms with Gasteiger partial charge >= 0.3 is 5.97 Å². The maximum atomic E-state index is 11.8. The number of carbonyl (C=O) groups excluding carboxylic acids is 1. The standard InChI is InChI=1S/C13H22ClN3O2/c1-5-15-13(3,12(18)19-4)7-6-8-17-10(2)11(14)9-16-17/h9,15H,5-8H2,1-4H3. The summed E-state index contributed by atoms with van der Waals surface area (Å²) < 4.78 is 6.71. The number of aryl methyl sites for hydroxylation is 1. The first-order chi connectivity index (χ1) is 8.94. The molecule has 0 radical (unpaired) electrons. The fraction of sp³-hybridized carbons (Fsp3) is 0.692. The highest BCUT2D eigenvalue weighted by Crippen LogP contribution is 2.17. The molecule has 0 amide bonds. The summed E-state index contributed by atoms with van der Waals surface area (Å²) in [5.74, 6) is -0.232. The molecule has 0 fully saturated rings. The van der Waals surface area contributed by atoms with E-state index < -0.39 is 5.54 Å². The zero-order valence-electron chi connectivity index (χ0n) is 12.0. The molecule has 0 aliphatic heterocycles. The van der Waals surface area contributed by atoms with Gasteiger partial charge in [0, 0.05) is 6.54 Å². The molecular weight excluding hydrogens is 266 g/mol. The number of carbonyl (C=O) groups is 1. The number of aromatic nitrogens is 2. The summed E-state index contributed by atoms with van der Waals surface area (Å²) in [5.41, 5.74) is 0.304. The Kier molecular flexibility index (Phi) is 5.82. The Morgan fingerprint density at radius 1 is 1.63 bits per heavy atom. The molecule has 1 aromatic rings.